The Kier molecular flexibility index (Phi) is 5.68. The zero-order valence-corrected chi connectivity index (χ0v) is 15.0. The predicted octanol–water partition coefficient (Wildman–Crippen LogP) is 3.36. The number of hydrogen-bond acceptors (Lipinski definition) is 4. The number of esters is 1. The van der Waals surface area contributed by atoms with Gasteiger partial charge in [0.25, 0.3) is 0 Å². The molecule has 1 saturated heterocycles. The summed E-state index contributed by atoms with van der Waals surface area (Å²) in [5.74, 6) is -0.915. The van der Waals surface area contributed by atoms with Gasteiger partial charge in [0.05, 0.1) is 10.5 Å². The average Bonchev–Trinajstić information content (AvgIpc) is 2.68. The van der Waals surface area contributed by atoms with Crippen LogP contribution in [0.2, 0.25) is 0 Å². The zero-order chi connectivity index (χ0) is 18.6. The van der Waals surface area contributed by atoms with Gasteiger partial charge in [0.15, 0.2) is 0 Å². The molecule has 0 aliphatic carbocycles. The Bertz CT molecular complexity index is 857. The van der Waals surface area contributed by atoms with Gasteiger partial charge in [-0.25, -0.2) is 17.6 Å². The summed E-state index contributed by atoms with van der Waals surface area (Å²) in [5, 5.41) is 0. The number of hydrogen-bond donors (Lipinski definition) is 0. The molecule has 0 N–H and O–H groups in total. The highest BCUT2D eigenvalue weighted by atomic mass is 32.2. The monoisotopic (exact) mass is 377 g/mol. The third-order valence-corrected chi connectivity index (χ3v) is 6.24. The largest absolute Gasteiger partial charge is 0.457 e. The van der Waals surface area contributed by atoms with Crippen LogP contribution in [0.3, 0.4) is 0 Å². The van der Waals surface area contributed by atoms with Gasteiger partial charge >= 0.3 is 5.97 Å². The highest BCUT2D eigenvalue weighted by Crippen LogP contribution is 2.21. The zero-order valence-electron chi connectivity index (χ0n) is 14.2. The van der Waals surface area contributed by atoms with Gasteiger partial charge < -0.3 is 4.74 Å². The molecule has 3 rings (SSSR count). The molecule has 1 aliphatic heterocycles. The quantitative estimate of drug-likeness (QED) is 0.750. The number of piperidine rings is 1. The molecule has 2 aromatic carbocycles. The van der Waals surface area contributed by atoms with E-state index in [0.29, 0.717) is 18.7 Å². The van der Waals surface area contributed by atoms with E-state index in [1.807, 2.05) is 0 Å². The van der Waals surface area contributed by atoms with Crippen molar-refractivity contribution in [3.63, 3.8) is 0 Å². The molecule has 1 fully saturated rings. The number of nitrogens with zero attached hydrogens (tertiary/aromatic N) is 1. The van der Waals surface area contributed by atoms with Gasteiger partial charge in [-0.2, -0.15) is 4.31 Å². The Morgan fingerprint density at radius 2 is 1.58 bits per heavy atom. The molecule has 138 valence electrons. The summed E-state index contributed by atoms with van der Waals surface area (Å²) in [6.45, 7) is 1.08. The first-order chi connectivity index (χ1) is 12.5. The molecule has 0 amide bonds. The molecule has 0 spiro atoms. The van der Waals surface area contributed by atoms with E-state index >= 15 is 0 Å². The second-order valence-corrected chi connectivity index (χ2v) is 8.13. The number of ether oxygens (including phenoxy) is 1. The van der Waals surface area contributed by atoms with Crippen molar-refractivity contribution in [2.45, 2.75) is 30.8 Å². The lowest BCUT2D eigenvalue weighted by Gasteiger charge is -2.25. The fraction of sp³-hybridized carbons (Fsp3) is 0.316. The van der Waals surface area contributed by atoms with Crippen molar-refractivity contribution in [1.29, 1.82) is 0 Å². The fourth-order valence-electron chi connectivity index (χ4n) is 2.83. The van der Waals surface area contributed by atoms with E-state index in [-0.39, 0.29) is 22.9 Å². The van der Waals surface area contributed by atoms with Crippen molar-refractivity contribution in [1.82, 2.24) is 4.31 Å². The third kappa shape index (κ3) is 4.28. The third-order valence-electron chi connectivity index (χ3n) is 4.33. The second kappa shape index (κ2) is 7.97. The Labute approximate surface area is 152 Å². The molecule has 0 aromatic heterocycles. The van der Waals surface area contributed by atoms with Gasteiger partial charge in [-0.1, -0.05) is 18.6 Å². The van der Waals surface area contributed by atoms with E-state index < -0.39 is 16.0 Å². The Morgan fingerprint density at radius 3 is 2.19 bits per heavy atom. The van der Waals surface area contributed by atoms with Crippen molar-refractivity contribution in [3.05, 3.63) is 65.5 Å². The van der Waals surface area contributed by atoms with Crippen LogP contribution >= 0.6 is 0 Å². The SMILES string of the molecule is O=C(OCc1ccc(F)cc1)c1ccc(S(=O)(=O)N2CCCCC2)cc1. The van der Waals surface area contributed by atoms with Crippen molar-refractivity contribution in [2.24, 2.45) is 0 Å². The fourth-order valence-corrected chi connectivity index (χ4v) is 4.35. The molecule has 1 aliphatic rings. The van der Waals surface area contributed by atoms with Gasteiger partial charge in [-0.3, -0.25) is 0 Å². The van der Waals surface area contributed by atoms with E-state index in [4.69, 9.17) is 4.74 Å². The number of carbonyl (C=O) groups excluding carboxylic acids is 1. The van der Waals surface area contributed by atoms with Crippen LogP contribution in [-0.2, 0) is 21.4 Å². The highest BCUT2D eigenvalue weighted by molar-refractivity contribution is 7.89. The van der Waals surface area contributed by atoms with Crippen LogP contribution in [0.5, 0.6) is 0 Å². The molecular formula is C19H20FNO4S. The van der Waals surface area contributed by atoms with Gasteiger partial charge in [-0.15, -0.1) is 0 Å². The molecule has 0 radical (unpaired) electrons. The van der Waals surface area contributed by atoms with Crippen LogP contribution < -0.4 is 0 Å². The molecule has 0 atom stereocenters. The molecule has 7 heteroatoms. The van der Waals surface area contributed by atoms with Gasteiger partial charge in [0.2, 0.25) is 10.0 Å². The average molecular weight is 377 g/mol. The standard InChI is InChI=1S/C19H20FNO4S/c20-17-8-4-15(5-9-17)14-25-19(22)16-6-10-18(11-7-16)26(23,24)21-12-2-1-3-13-21/h4-11H,1-3,12-14H2. The Morgan fingerprint density at radius 1 is 0.962 bits per heavy atom. The lowest BCUT2D eigenvalue weighted by atomic mass is 10.2. The first kappa shape index (κ1) is 18.5. The minimum atomic E-state index is -3.52. The highest BCUT2D eigenvalue weighted by Gasteiger charge is 2.26. The first-order valence-corrected chi connectivity index (χ1v) is 9.92. The predicted molar refractivity (Wildman–Crippen MR) is 94.6 cm³/mol. The summed E-state index contributed by atoms with van der Waals surface area (Å²) in [6, 6.07) is 11.4. The van der Waals surface area contributed by atoms with E-state index in [1.54, 1.807) is 0 Å². The van der Waals surface area contributed by atoms with Crippen LogP contribution in [0.1, 0.15) is 35.2 Å². The van der Waals surface area contributed by atoms with Gasteiger partial charge in [-0.05, 0) is 54.8 Å². The van der Waals surface area contributed by atoms with E-state index in [0.717, 1.165) is 19.3 Å². The van der Waals surface area contributed by atoms with Crippen LogP contribution in [0.15, 0.2) is 53.4 Å². The lowest BCUT2D eigenvalue weighted by Crippen LogP contribution is -2.35. The molecular weight excluding hydrogens is 357 g/mol. The summed E-state index contributed by atoms with van der Waals surface area (Å²) in [7, 11) is -3.52. The number of carbonyl (C=O) groups is 1. The maximum atomic E-state index is 12.9. The van der Waals surface area contributed by atoms with E-state index in [2.05, 4.69) is 0 Å². The summed E-state index contributed by atoms with van der Waals surface area (Å²) < 4.78 is 44.7. The van der Waals surface area contributed by atoms with Gasteiger partial charge in [0, 0.05) is 13.1 Å². The van der Waals surface area contributed by atoms with Crippen LogP contribution in [0.4, 0.5) is 4.39 Å². The van der Waals surface area contributed by atoms with Crippen LogP contribution in [0.25, 0.3) is 0 Å². The summed E-state index contributed by atoms with van der Waals surface area (Å²) in [4.78, 5) is 12.3. The molecule has 1 heterocycles. The lowest BCUT2D eigenvalue weighted by molar-refractivity contribution is 0.0472. The van der Waals surface area contributed by atoms with Crippen molar-refractivity contribution >= 4 is 16.0 Å². The van der Waals surface area contributed by atoms with Crippen molar-refractivity contribution < 1.29 is 22.3 Å². The maximum Gasteiger partial charge on any atom is 0.338 e. The smallest absolute Gasteiger partial charge is 0.338 e. The summed E-state index contributed by atoms with van der Waals surface area (Å²) in [6.07, 6.45) is 2.78. The maximum absolute atomic E-state index is 12.9. The molecule has 2 aromatic rings. The van der Waals surface area contributed by atoms with Crippen LogP contribution in [-0.4, -0.2) is 31.8 Å². The van der Waals surface area contributed by atoms with Crippen molar-refractivity contribution in [3.8, 4) is 0 Å². The normalized spacial score (nSPS) is 15.6. The summed E-state index contributed by atoms with van der Waals surface area (Å²) >= 11 is 0. The number of rotatable bonds is 5. The molecule has 5 nitrogen and oxygen atoms in total. The van der Waals surface area contributed by atoms with E-state index in [1.165, 1.54) is 52.8 Å². The number of sulfonamides is 1. The van der Waals surface area contributed by atoms with Crippen LogP contribution in [0, 0.1) is 5.82 Å². The summed E-state index contributed by atoms with van der Waals surface area (Å²) in [5.41, 5.74) is 0.939. The van der Waals surface area contributed by atoms with Crippen molar-refractivity contribution in [2.75, 3.05) is 13.1 Å². The topological polar surface area (TPSA) is 63.7 Å². The molecule has 0 bridgehead atoms. The second-order valence-electron chi connectivity index (χ2n) is 6.19. The van der Waals surface area contributed by atoms with E-state index in [9.17, 15) is 17.6 Å². The molecule has 0 saturated carbocycles. The number of halogens is 1. The Balaban J connectivity index is 1.64. The first-order valence-electron chi connectivity index (χ1n) is 8.48. The molecule has 26 heavy (non-hydrogen) atoms. The minimum Gasteiger partial charge on any atom is -0.457 e. The van der Waals surface area contributed by atoms with Gasteiger partial charge in [0.1, 0.15) is 12.4 Å². The Hall–Kier alpha value is -2.25. The number of benzene rings is 2. The minimum absolute atomic E-state index is 0.0208. The molecule has 0 unspecified atom stereocenters.